The molecule has 12 heteroatoms. The van der Waals surface area contributed by atoms with Crippen molar-refractivity contribution in [2.75, 3.05) is 38.3 Å². The van der Waals surface area contributed by atoms with E-state index >= 15 is 8.78 Å². The van der Waals surface area contributed by atoms with E-state index in [2.05, 4.69) is 38.9 Å². The van der Waals surface area contributed by atoms with Crippen molar-refractivity contribution in [2.45, 2.75) is 44.7 Å². The van der Waals surface area contributed by atoms with Gasteiger partial charge in [0.1, 0.15) is 39.6 Å². The number of thioether (sulfide) groups is 1. The number of esters is 1. The molecule has 0 bridgehead atoms. The molecular weight excluding hydrogens is 562 g/mol. The molecule has 1 unspecified atom stereocenters. The van der Waals surface area contributed by atoms with Gasteiger partial charge in [-0.1, -0.05) is 19.9 Å². The van der Waals surface area contributed by atoms with E-state index in [0.29, 0.717) is 29.5 Å². The van der Waals surface area contributed by atoms with Crippen LogP contribution in [0, 0.1) is 11.6 Å². The predicted molar refractivity (Wildman–Crippen MR) is 161 cm³/mol. The summed E-state index contributed by atoms with van der Waals surface area (Å²) in [5.41, 5.74) is 1.07. The van der Waals surface area contributed by atoms with Crippen molar-refractivity contribution in [3.05, 3.63) is 59.3 Å². The molecular formula is C30H34F2N6O3S. The zero-order valence-electron chi connectivity index (χ0n) is 24.4. The monoisotopic (exact) mass is 596 g/mol. The SMILES string of the molecule is CSc1nccc(C(C)C)c1/N=C(\c1cc(F)c(-c2c(F)cccc2OC(C)=O)nc1NC=O)N1CCN(C)CC1C. The Morgan fingerprint density at radius 2 is 2.00 bits per heavy atom. The van der Waals surface area contributed by atoms with Gasteiger partial charge in [0.25, 0.3) is 0 Å². The number of amides is 1. The Kier molecular flexibility index (Phi) is 9.89. The van der Waals surface area contributed by atoms with E-state index in [1.165, 1.54) is 30.0 Å². The van der Waals surface area contributed by atoms with Crippen molar-refractivity contribution >= 4 is 41.5 Å². The van der Waals surface area contributed by atoms with Crippen LogP contribution in [0.1, 0.15) is 44.7 Å². The zero-order valence-corrected chi connectivity index (χ0v) is 25.3. The van der Waals surface area contributed by atoms with Gasteiger partial charge in [0.15, 0.2) is 5.82 Å². The number of pyridine rings is 2. The highest BCUT2D eigenvalue weighted by atomic mass is 32.2. The number of benzene rings is 1. The van der Waals surface area contributed by atoms with Gasteiger partial charge in [0.2, 0.25) is 6.41 Å². The minimum atomic E-state index is -0.880. The van der Waals surface area contributed by atoms with Crippen molar-refractivity contribution in [2.24, 2.45) is 4.99 Å². The first-order chi connectivity index (χ1) is 20.0. The summed E-state index contributed by atoms with van der Waals surface area (Å²) in [6.07, 6.45) is 4.07. The van der Waals surface area contributed by atoms with Crippen LogP contribution in [-0.4, -0.2) is 77.0 Å². The summed E-state index contributed by atoms with van der Waals surface area (Å²) >= 11 is 1.45. The first-order valence-corrected chi connectivity index (χ1v) is 14.7. The number of anilines is 1. The molecule has 1 aliphatic heterocycles. The first-order valence-electron chi connectivity index (χ1n) is 13.5. The molecule has 1 amide bonds. The molecule has 1 fully saturated rings. The largest absolute Gasteiger partial charge is 0.426 e. The van der Waals surface area contributed by atoms with Crippen molar-refractivity contribution < 1.29 is 23.1 Å². The maximum absolute atomic E-state index is 16.0. The van der Waals surface area contributed by atoms with Gasteiger partial charge >= 0.3 is 5.97 Å². The highest BCUT2D eigenvalue weighted by Gasteiger charge is 2.30. The lowest BCUT2D eigenvalue weighted by atomic mass is 10.0. The second-order valence-electron chi connectivity index (χ2n) is 10.3. The number of piperazine rings is 1. The van der Waals surface area contributed by atoms with Crippen LogP contribution in [0.3, 0.4) is 0 Å². The smallest absolute Gasteiger partial charge is 0.308 e. The minimum Gasteiger partial charge on any atom is -0.426 e. The van der Waals surface area contributed by atoms with Gasteiger partial charge in [0.05, 0.1) is 11.1 Å². The second kappa shape index (κ2) is 13.4. The fourth-order valence-electron chi connectivity index (χ4n) is 4.99. The number of amidine groups is 1. The molecule has 0 radical (unpaired) electrons. The minimum absolute atomic E-state index is 0.0200. The van der Waals surface area contributed by atoms with Crippen LogP contribution < -0.4 is 10.1 Å². The van der Waals surface area contributed by atoms with Gasteiger partial charge in [-0.2, -0.15) is 0 Å². The maximum atomic E-state index is 16.0. The van der Waals surface area contributed by atoms with Crippen LogP contribution in [0.4, 0.5) is 20.3 Å². The van der Waals surface area contributed by atoms with Crippen LogP contribution in [0.15, 0.2) is 46.5 Å². The normalized spacial score (nSPS) is 16.1. The van der Waals surface area contributed by atoms with Gasteiger partial charge in [0, 0.05) is 38.8 Å². The molecule has 1 atom stereocenters. The van der Waals surface area contributed by atoms with Gasteiger partial charge in [-0.05, 0) is 56.0 Å². The Labute approximate surface area is 248 Å². The average molecular weight is 597 g/mol. The maximum Gasteiger partial charge on any atom is 0.308 e. The molecule has 0 spiro atoms. The highest BCUT2D eigenvalue weighted by molar-refractivity contribution is 7.98. The molecule has 1 saturated heterocycles. The summed E-state index contributed by atoms with van der Waals surface area (Å²) in [5, 5.41) is 3.26. The average Bonchev–Trinajstić information content (AvgIpc) is 2.93. The van der Waals surface area contributed by atoms with E-state index in [-0.39, 0.29) is 34.7 Å². The molecule has 3 aromatic rings. The summed E-state index contributed by atoms with van der Waals surface area (Å²) in [7, 11) is 2.03. The number of carbonyl (C=O) groups excluding carboxylic acids is 2. The fourth-order valence-corrected chi connectivity index (χ4v) is 5.51. The van der Waals surface area contributed by atoms with E-state index in [1.54, 1.807) is 6.20 Å². The third-order valence-corrected chi connectivity index (χ3v) is 7.62. The summed E-state index contributed by atoms with van der Waals surface area (Å²) < 4.78 is 36.3. The summed E-state index contributed by atoms with van der Waals surface area (Å²) in [6.45, 7) is 9.35. The lowest BCUT2D eigenvalue weighted by Crippen LogP contribution is -2.53. The van der Waals surface area contributed by atoms with E-state index in [0.717, 1.165) is 31.6 Å². The van der Waals surface area contributed by atoms with Crippen molar-refractivity contribution in [1.29, 1.82) is 0 Å². The van der Waals surface area contributed by atoms with Crippen LogP contribution in [0.5, 0.6) is 5.75 Å². The number of hydrogen-bond donors (Lipinski definition) is 1. The lowest BCUT2D eigenvalue weighted by Gasteiger charge is -2.40. The Bertz CT molecular complexity index is 1520. The number of aromatic nitrogens is 2. The molecule has 2 aromatic heterocycles. The molecule has 42 heavy (non-hydrogen) atoms. The standard InChI is InChI=1S/C30H34F2N6O3S/c1-17(2)20-10-11-33-30(42-6)26(20)36-29(38-13-12-37(5)15-18(38)3)21-14-23(32)27(35-28(21)34-16-39)25-22(31)8-7-9-24(25)41-19(4)40/h7-11,14,16-18H,12-13,15H2,1-6H3,(H,34,35,39)/b36-29+. The van der Waals surface area contributed by atoms with Crippen molar-refractivity contribution in [1.82, 2.24) is 19.8 Å². The number of rotatable bonds is 8. The van der Waals surface area contributed by atoms with Crippen LogP contribution in [0.25, 0.3) is 11.3 Å². The predicted octanol–water partition coefficient (Wildman–Crippen LogP) is 5.47. The van der Waals surface area contributed by atoms with Crippen molar-refractivity contribution in [3.8, 4) is 17.0 Å². The number of halogens is 2. The topological polar surface area (TPSA) is 100 Å². The highest BCUT2D eigenvalue weighted by Crippen LogP contribution is 2.38. The Balaban J connectivity index is 2.01. The van der Waals surface area contributed by atoms with Gasteiger partial charge < -0.3 is 19.9 Å². The van der Waals surface area contributed by atoms with Crippen LogP contribution >= 0.6 is 11.8 Å². The summed E-state index contributed by atoms with van der Waals surface area (Å²) in [4.78, 5) is 41.7. The van der Waals surface area contributed by atoms with Crippen LogP contribution in [0.2, 0.25) is 0 Å². The zero-order chi connectivity index (χ0) is 30.6. The number of aliphatic imine (C=N–C) groups is 1. The molecule has 3 heterocycles. The Morgan fingerprint density at radius 1 is 1.24 bits per heavy atom. The summed E-state index contributed by atoms with van der Waals surface area (Å²) in [6, 6.07) is 6.88. The summed E-state index contributed by atoms with van der Waals surface area (Å²) in [5.74, 6) is -2.12. The van der Waals surface area contributed by atoms with E-state index in [4.69, 9.17) is 9.73 Å². The molecule has 4 rings (SSSR count). The molecule has 0 aliphatic carbocycles. The molecule has 1 aromatic carbocycles. The third-order valence-electron chi connectivity index (χ3n) is 6.94. The van der Waals surface area contributed by atoms with Gasteiger partial charge in [-0.3, -0.25) is 9.59 Å². The number of nitrogens with zero attached hydrogens (tertiary/aromatic N) is 5. The van der Waals surface area contributed by atoms with Crippen LogP contribution in [-0.2, 0) is 9.59 Å². The third kappa shape index (κ3) is 6.60. The first kappa shape index (κ1) is 31.0. The number of ether oxygens (including phenoxy) is 1. The number of likely N-dealkylation sites (N-methyl/N-ethyl adjacent to an activating group) is 1. The second-order valence-corrected chi connectivity index (χ2v) is 11.1. The molecule has 1 aliphatic rings. The quantitative estimate of drug-likeness (QED) is 0.0912. The molecule has 9 nitrogen and oxygen atoms in total. The van der Waals surface area contributed by atoms with E-state index < -0.39 is 23.3 Å². The number of nitrogens with one attached hydrogen (secondary N) is 1. The van der Waals surface area contributed by atoms with E-state index in [9.17, 15) is 9.59 Å². The molecule has 222 valence electrons. The molecule has 0 saturated carbocycles. The van der Waals surface area contributed by atoms with Gasteiger partial charge in [-0.25, -0.2) is 23.7 Å². The Hall–Kier alpha value is -3.90. The fraction of sp³-hybridized carbons (Fsp3) is 0.367. The van der Waals surface area contributed by atoms with Crippen molar-refractivity contribution in [3.63, 3.8) is 0 Å². The van der Waals surface area contributed by atoms with Gasteiger partial charge in [-0.15, -0.1) is 11.8 Å². The number of hydrogen-bond acceptors (Lipinski definition) is 8. The van der Waals surface area contributed by atoms with E-state index in [1.807, 2.05) is 26.3 Å². The Morgan fingerprint density at radius 3 is 2.64 bits per heavy atom. The lowest BCUT2D eigenvalue weighted by molar-refractivity contribution is -0.131. The molecule has 1 N–H and O–H groups in total. The number of carbonyl (C=O) groups is 2.